The molecule has 0 saturated heterocycles. The van der Waals surface area contributed by atoms with Crippen LogP contribution in [0.5, 0.6) is 0 Å². The lowest BCUT2D eigenvalue weighted by atomic mass is 10.1. The fourth-order valence-corrected chi connectivity index (χ4v) is 2.33. The quantitative estimate of drug-likeness (QED) is 0.619. The number of carbonyl (C=O) groups excluding carboxylic acids is 3. The molecule has 3 amide bonds. The Bertz CT molecular complexity index is 953. The molecular formula is C21H20N4O3. The number of benzene rings is 2. The van der Waals surface area contributed by atoms with E-state index in [0.717, 1.165) is 0 Å². The van der Waals surface area contributed by atoms with Gasteiger partial charge in [-0.25, -0.2) is 0 Å². The molecule has 0 unspecified atom stereocenters. The van der Waals surface area contributed by atoms with Crippen molar-refractivity contribution >= 4 is 35.2 Å². The molecule has 0 aliphatic carbocycles. The molecule has 0 aliphatic heterocycles. The van der Waals surface area contributed by atoms with Crippen molar-refractivity contribution in [2.75, 3.05) is 24.7 Å². The van der Waals surface area contributed by atoms with Crippen molar-refractivity contribution in [2.24, 2.45) is 0 Å². The highest BCUT2D eigenvalue weighted by Gasteiger charge is 2.11. The molecule has 7 heteroatoms. The average Bonchev–Trinajstić information content (AvgIpc) is 2.66. The van der Waals surface area contributed by atoms with E-state index in [-0.39, 0.29) is 17.4 Å². The Kier molecular flexibility index (Phi) is 6.66. The Balaban J connectivity index is 2.11. The number of hydrogen-bond acceptors (Lipinski definition) is 4. The number of carbonyl (C=O) groups is 3. The molecule has 2 rings (SSSR count). The topological polar surface area (TPSA) is 102 Å². The van der Waals surface area contributed by atoms with Gasteiger partial charge in [-0.1, -0.05) is 12.1 Å². The van der Waals surface area contributed by atoms with Gasteiger partial charge >= 0.3 is 0 Å². The molecule has 0 saturated carbocycles. The van der Waals surface area contributed by atoms with Crippen molar-refractivity contribution in [2.45, 2.75) is 6.92 Å². The van der Waals surface area contributed by atoms with Crippen molar-refractivity contribution in [3.63, 3.8) is 0 Å². The van der Waals surface area contributed by atoms with Crippen molar-refractivity contribution in [3.05, 3.63) is 65.2 Å². The molecule has 0 fully saturated rings. The third-order valence-electron chi connectivity index (χ3n) is 3.70. The van der Waals surface area contributed by atoms with Gasteiger partial charge in [0.1, 0.15) is 11.6 Å². The second-order valence-electron chi connectivity index (χ2n) is 6.20. The summed E-state index contributed by atoms with van der Waals surface area (Å²) >= 11 is 0. The molecule has 0 spiro atoms. The highest BCUT2D eigenvalue weighted by atomic mass is 16.2. The SMILES string of the molecule is CC(=O)Nc1ccc(/C=C(\C#N)C(=O)Nc2ccc(C(=O)N(C)C)cc2)cc1. The Morgan fingerprint density at radius 1 is 0.929 bits per heavy atom. The number of hydrogen-bond donors (Lipinski definition) is 2. The van der Waals surface area contributed by atoms with Gasteiger partial charge in [-0.05, 0) is 48.0 Å². The summed E-state index contributed by atoms with van der Waals surface area (Å²) in [7, 11) is 3.31. The summed E-state index contributed by atoms with van der Waals surface area (Å²) < 4.78 is 0. The van der Waals surface area contributed by atoms with E-state index in [4.69, 9.17) is 0 Å². The monoisotopic (exact) mass is 376 g/mol. The minimum Gasteiger partial charge on any atom is -0.345 e. The van der Waals surface area contributed by atoms with Gasteiger partial charge in [-0.2, -0.15) is 5.26 Å². The molecule has 28 heavy (non-hydrogen) atoms. The summed E-state index contributed by atoms with van der Waals surface area (Å²) in [5.74, 6) is -0.878. The average molecular weight is 376 g/mol. The zero-order valence-corrected chi connectivity index (χ0v) is 15.8. The summed E-state index contributed by atoms with van der Waals surface area (Å²) in [6, 6.07) is 15.0. The summed E-state index contributed by atoms with van der Waals surface area (Å²) in [6.45, 7) is 1.41. The molecule has 0 atom stereocenters. The molecule has 0 bridgehead atoms. The number of nitriles is 1. The van der Waals surface area contributed by atoms with Crippen LogP contribution in [0.4, 0.5) is 11.4 Å². The van der Waals surface area contributed by atoms with Gasteiger partial charge in [-0.3, -0.25) is 14.4 Å². The van der Waals surface area contributed by atoms with Crippen molar-refractivity contribution in [1.82, 2.24) is 4.90 Å². The zero-order valence-electron chi connectivity index (χ0n) is 15.8. The maximum atomic E-state index is 12.4. The van der Waals surface area contributed by atoms with E-state index < -0.39 is 5.91 Å². The van der Waals surface area contributed by atoms with E-state index in [1.54, 1.807) is 62.6 Å². The Morgan fingerprint density at radius 2 is 1.46 bits per heavy atom. The number of rotatable bonds is 5. The molecule has 2 N–H and O–H groups in total. The van der Waals surface area contributed by atoms with Crippen LogP contribution in [0.25, 0.3) is 6.08 Å². The Morgan fingerprint density at radius 3 is 1.96 bits per heavy atom. The van der Waals surface area contributed by atoms with Gasteiger partial charge in [0, 0.05) is 38.0 Å². The summed E-state index contributed by atoms with van der Waals surface area (Å²) in [5, 5.41) is 14.6. The van der Waals surface area contributed by atoms with Gasteiger partial charge in [0.05, 0.1) is 0 Å². The highest BCUT2D eigenvalue weighted by molar-refractivity contribution is 6.09. The van der Waals surface area contributed by atoms with Crippen molar-refractivity contribution < 1.29 is 14.4 Å². The predicted octanol–water partition coefficient (Wildman–Crippen LogP) is 2.89. The summed E-state index contributed by atoms with van der Waals surface area (Å²) in [4.78, 5) is 36.7. The van der Waals surface area contributed by atoms with Gasteiger partial charge in [0.2, 0.25) is 5.91 Å². The molecule has 7 nitrogen and oxygen atoms in total. The molecular weight excluding hydrogens is 356 g/mol. The van der Waals surface area contributed by atoms with Crippen LogP contribution in [0.1, 0.15) is 22.8 Å². The minimum absolute atomic E-state index is 0.0688. The van der Waals surface area contributed by atoms with Gasteiger partial charge < -0.3 is 15.5 Å². The third-order valence-corrected chi connectivity index (χ3v) is 3.70. The normalized spacial score (nSPS) is 10.6. The van der Waals surface area contributed by atoms with Crippen molar-refractivity contribution in [3.8, 4) is 6.07 Å². The first-order valence-corrected chi connectivity index (χ1v) is 8.42. The second-order valence-corrected chi connectivity index (χ2v) is 6.20. The fraction of sp³-hybridized carbons (Fsp3) is 0.143. The smallest absolute Gasteiger partial charge is 0.266 e. The summed E-state index contributed by atoms with van der Waals surface area (Å²) in [5.41, 5.74) is 2.18. The zero-order chi connectivity index (χ0) is 20.7. The maximum Gasteiger partial charge on any atom is 0.266 e. The van der Waals surface area contributed by atoms with Crippen LogP contribution in [0.15, 0.2) is 54.1 Å². The molecule has 2 aromatic rings. The standard InChI is InChI=1S/C21H20N4O3/c1-14(26)23-18-8-4-15(5-9-18)12-17(13-22)20(27)24-19-10-6-16(7-11-19)21(28)25(2)3/h4-12H,1-3H3,(H,23,26)(H,24,27)/b17-12+. The fourth-order valence-electron chi connectivity index (χ4n) is 2.33. The number of nitrogens with one attached hydrogen (secondary N) is 2. The first-order valence-electron chi connectivity index (χ1n) is 8.42. The molecule has 0 aromatic heterocycles. The maximum absolute atomic E-state index is 12.4. The molecule has 2 aromatic carbocycles. The van der Waals surface area contributed by atoms with E-state index >= 15 is 0 Å². The van der Waals surface area contributed by atoms with Crippen LogP contribution in [-0.4, -0.2) is 36.7 Å². The second kappa shape index (κ2) is 9.14. The van der Waals surface area contributed by atoms with Crippen molar-refractivity contribution in [1.29, 1.82) is 5.26 Å². The number of nitrogens with zero attached hydrogens (tertiary/aromatic N) is 2. The lowest BCUT2D eigenvalue weighted by Gasteiger charge is -2.11. The molecule has 0 heterocycles. The van der Waals surface area contributed by atoms with Gasteiger partial charge in [0.15, 0.2) is 0 Å². The van der Waals surface area contributed by atoms with Gasteiger partial charge in [-0.15, -0.1) is 0 Å². The highest BCUT2D eigenvalue weighted by Crippen LogP contribution is 2.15. The minimum atomic E-state index is -0.555. The lowest BCUT2D eigenvalue weighted by molar-refractivity contribution is -0.114. The van der Waals surface area contributed by atoms with Crippen LogP contribution >= 0.6 is 0 Å². The van der Waals surface area contributed by atoms with Gasteiger partial charge in [0.25, 0.3) is 11.8 Å². The van der Waals surface area contributed by atoms with Crippen LogP contribution in [0.3, 0.4) is 0 Å². The Hall–Kier alpha value is -3.92. The first kappa shape index (κ1) is 20.4. The van der Waals surface area contributed by atoms with Crippen LogP contribution in [-0.2, 0) is 9.59 Å². The number of anilines is 2. The van der Waals surface area contributed by atoms with Crippen LogP contribution in [0, 0.1) is 11.3 Å². The third kappa shape index (κ3) is 5.54. The lowest BCUT2D eigenvalue weighted by Crippen LogP contribution is -2.21. The molecule has 142 valence electrons. The van der Waals surface area contributed by atoms with E-state index in [2.05, 4.69) is 10.6 Å². The van der Waals surface area contributed by atoms with E-state index in [9.17, 15) is 19.6 Å². The first-order chi connectivity index (χ1) is 13.3. The summed E-state index contributed by atoms with van der Waals surface area (Å²) in [6.07, 6.45) is 1.46. The van der Waals surface area contributed by atoms with Crippen LogP contribution < -0.4 is 10.6 Å². The van der Waals surface area contributed by atoms with E-state index in [1.165, 1.54) is 17.9 Å². The predicted molar refractivity (Wildman–Crippen MR) is 107 cm³/mol. The van der Waals surface area contributed by atoms with E-state index in [1.807, 2.05) is 6.07 Å². The Labute approximate surface area is 163 Å². The van der Waals surface area contributed by atoms with Crippen LogP contribution in [0.2, 0.25) is 0 Å². The number of amides is 3. The molecule has 0 radical (unpaired) electrons. The largest absolute Gasteiger partial charge is 0.345 e. The molecule has 0 aliphatic rings. The van der Waals surface area contributed by atoms with E-state index in [0.29, 0.717) is 22.5 Å².